The van der Waals surface area contributed by atoms with Crippen LogP contribution in [0.15, 0.2) is 12.2 Å². The van der Waals surface area contributed by atoms with Crippen molar-refractivity contribution in [3.63, 3.8) is 0 Å². The van der Waals surface area contributed by atoms with Gasteiger partial charge < -0.3 is 5.32 Å². The van der Waals surface area contributed by atoms with Crippen LogP contribution in [0.4, 0.5) is 0 Å². The molecule has 1 rings (SSSR count). The average molecular weight is 210 g/mol. The van der Waals surface area contributed by atoms with Gasteiger partial charge in [0.2, 0.25) is 0 Å². The van der Waals surface area contributed by atoms with Crippen molar-refractivity contribution >= 4 is 0 Å². The molecule has 88 valence electrons. The van der Waals surface area contributed by atoms with Crippen molar-refractivity contribution in [3.05, 3.63) is 12.2 Å². The maximum Gasteiger partial charge on any atom is 0.0202 e. The van der Waals surface area contributed by atoms with Crippen LogP contribution in [0.2, 0.25) is 0 Å². The lowest BCUT2D eigenvalue weighted by atomic mass is 10.2. The topological polar surface area (TPSA) is 15.3 Å². The van der Waals surface area contributed by atoms with Crippen LogP contribution in [0, 0.1) is 5.92 Å². The average Bonchev–Trinajstić information content (AvgIpc) is 2.96. The molecule has 0 bridgehead atoms. The number of rotatable bonds is 8. The Labute approximate surface area is 94.7 Å². The molecule has 0 amide bonds. The summed E-state index contributed by atoms with van der Waals surface area (Å²) in [5.74, 6) is 0.745. The standard InChI is InChI=1S/C13H26N2/c1-5-15(9-11(2)3)10-12(4)8-14-13-6-7-13/h11,13-14H,4-10H2,1-3H3. The van der Waals surface area contributed by atoms with Gasteiger partial charge in [-0.3, -0.25) is 4.90 Å². The third-order valence-corrected chi connectivity index (χ3v) is 2.74. The van der Waals surface area contributed by atoms with Crippen LogP contribution in [0.3, 0.4) is 0 Å². The van der Waals surface area contributed by atoms with Gasteiger partial charge in [0.05, 0.1) is 0 Å². The summed E-state index contributed by atoms with van der Waals surface area (Å²) < 4.78 is 0. The molecule has 0 spiro atoms. The molecule has 2 nitrogen and oxygen atoms in total. The van der Waals surface area contributed by atoms with Crippen LogP contribution in [-0.2, 0) is 0 Å². The Kier molecular flexibility index (Phi) is 5.34. The van der Waals surface area contributed by atoms with E-state index in [1.165, 1.54) is 25.0 Å². The summed E-state index contributed by atoms with van der Waals surface area (Å²) in [5.41, 5.74) is 1.32. The van der Waals surface area contributed by atoms with E-state index in [9.17, 15) is 0 Å². The molecular formula is C13H26N2. The lowest BCUT2D eigenvalue weighted by Gasteiger charge is -2.23. The number of hydrogen-bond donors (Lipinski definition) is 1. The summed E-state index contributed by atoms with van der Waals surface area (Å²) in [6.07, 6.45) is 2.72. The summed E-state index contributed by atoms with van der Waals surface area (Å²) in [6, 6.07) is 0.793. The maximum atomic E-state index is 4.15. The van der Waals surface area contributed by atoms with Gasteiger partial charge in [-0.05, 0) is 30.9 Å². The van der Waals surface area contributed by atoms with E-state index in [1.54, 1.807) is 0 Å². The summed E-state index contributed by atoms with van der Waals surface area (Å²) in [5, 5.41) is 3.51. The van der Waals surface area contributed by atoms with Gasteiger partial charge in [0.1, 0.15) is 0 Å². The Hall–Kier alpha value is -0.340. The Morgan fingerprint density at radius 2 is 2.13 bits per heavy atom. The third kappa shape index (κ3) is 5.95. The van der Waals surface area contributed by atoms with Gasteiger partial charge in [0.15, 0.2) is 0 Å². The molecule has 0 aromatic rings. The molecule has 0 heterocycles. The van der Waals surface area contributed by atoms with Crippen molar-refractivity contribution in [3.8, 4) is 0 Å². The molecule has 1 aliphatic rings. The predicted molar refractivity (Wildman–Crippen MR) is 67.1 cm³/mol. The van der Waals surface area contributed by atoms with Crippen molar-refractivity contribution in [2.24, 2.45) is 5.92 Å². The number of nitrogens with one attached hydrogen (secondary N) is 1. The first-order valence-corrected chi connectivity index (χ1v) is 6.24. The van der Waals surface area contributed by atoms with Crippen LogP contribution in [0.5, 0.6) is 0 Å². The minimum Gasteiger partial charge on any atom is -0.310 e. The first kappa shape index (κ1) is 12.7. The second-order valence-corrected chi connectivity index (χ2v) is 5.13. The maximum absolute atomic E-state index is 4.15. The van der Waals surface area contributed by atoms with Crippen LogP contribution in [0.1, 0.15) is 33.6 Å². The minimum absolute atomic E-state index is 0.745. The zero-order chi connectivity index (χ0) is 11.3. The molecule has 0 aromatic heterocycles. The molecular weight excluding hydrogens is 184 g/mol. The fourth-order valence-corrected chi connectivity index (χ4v) is 1.77. The van der Waals surface area contributed by atoms with Crippen LogP contribution < -0.4 is 5.32 Å². The van der Waals surface area contributed by atoms with E-state index in [4.69, 9.17) is 0 Å². The van der Waals surface area contributed by atoms with Gasteiger partial charge in [-0.1, -0.05) is 27.4 Å². The van der Waals surface area contributed by atoms with Crippen molar-refractivity contribution in [2.75, 3.05) is 26.2 Å². The number of nitrogens with zero attached hydrogens (tertiary/aromatic N) is 1. The van der Waals surface area contributed by atoms with E-state index in [1.807, 2.05) is 0 Å². The molecule has 0 unspecified atom stereocenters. The highest BCUT2D eigenvalue weighted by Crippen LogP contribution is 2.18. The normalized spacial score (nSPS) is 16.3. The molecule has 0 saturated heterocycles. The molecule has 0 atom stereocenters. The number of likely N-dealkylation sites (N-methyl/N-ethyl adjacent to an activating group) is 1. The summed E-state index contributed by atoms with van der Waals surface area (Å²) in [4.78, 5) is 2.47. The lowest BCUT2D eigenvalue weighted by molar-refractivity contribution is 0.275. The van der Waals surface area contributed by atoms with Crippen LogP contribution in [0.25, 0.3) is 0 Å². The van der Waals surface area contributed by atoms with E-state index in [2.05, 4.69) is 37.6 Å². The Bertz CT molecular complexity index is 195. The van der Waals surface area contributed by atoms with Gasteiger partial charge in [0.25, 0.3) is 0 Å². The quantitative estimate of drug-likeness (QED) is 0.618. The Morgan fingerprint density at radius 1 is 1.47 bits per heavy atom. The molecule has 1 aliphatic carbocycles. The van der Waals surface area contributed by atoms with Gasteiger partial charge in [-0.25, -0.2) is 0 Å². The highest BCUT2D eigenvalue weighted by Gasteiger charge is 2.20. The molecule has 2 heteroatoms. The molecule has 0 radical (unpaired) electrons. The molecule has 0 aromatic carbocycles. The monoisotopic (exact) mass is 210 g/mol. The first-order chi connectivity index (χ1) is 7.11. The van der Waals surface area contributed by atoms with Crippen LogP contribution >= 0.6 is 0 Å². The van der Waals surface area contributed by atoms with Gasteiger partial charge in [0, 0.05) is 25.7 Å². The molecule has 1 N–H and O–H groups in total. The summed E-state index contributed by atoms with van der Waals surface area (Å²) in [7, 11) is 0. The van der Waals surface area contributed by atoms with E-state index >= 15 is 0 Å². The van der Waals surface area contributed by atoms with Gasteiger partial charge in [-0.15, -0.1) is 0 Å². The van der Waals surface area contributed by atoms with Crippen molar-refractivity contribution in [1.82, 2.24) is 10.2 Å². The second-order valence-electron chi connectivity index (χ2n) is 5.13. The highest BCUT2D eigenvalue weighted by atomic mass is 15.1. The van der Waals surface area contributed by atoms with E-state index in [-0.39, 0.29) is 0 Å². The molecule has 1 saturated carbocycles. The second kappa shape index (κ2) is 6.29. The van der Waals surface area contributed by atoms with Gasteiger partial charge >= 0.3 is 0 Å². The van der Waals surface area contributed by atoms with Crippen molar-refractivity contribution in [1.29, 1.82) is 0 Å². The largest absolute Gasteiger partial charge is 0.310 e. The van der Waals surface area contributed by atoms with Crippen LogP contribution in [-0.4, -0.2) is 37.1 Å². The van der Waals surface area contributed by atoms with Crippen molar-refractivity contribution in [2.45, 2.75) is 39.7 Å². The van der Waals surface area contributed by atoms with E-state index in [0.717, 1.165) is 31.6 Å². The molecule has 1 fully saturated rings. The Morgan fingerprint density at radius 3 is 2.60 bits per heavy atom. The highest BCUT2D eigenvalue weighted by molar-refractivity contribution is 5.01. The molecule has 0 aliphatic heterocycles. The SMILES string of the molecule is C=C(CNC1CC1)CN(CC)CC(C)C. The third-order valence-electron chi connectivity index (χ3n) is 2.74. The van der Waals surface area contributed by atoms with Crippen molar-refractivity contribution < 1.29 is 0 Å². The zero-order valence-corrected chi connectivity index (χ0v) is 10.6. The zero-order valence-electron chi connectivity index (χ0n) is 10.6. The van der Waals surface area contributed by atoms with E-state index in [0.29, 0.717) is 0 Å². The fraction of sp³-hybridized carbons (Fsp3) is 0.846. The Balaban J connectivity index is 2.14. The lowest BCUT2D eigenvalue weighted by Crippen LogP contribution is -2.32. The minimum atomic E-state index is 0.745. The number of hydrogen-bond acceptors (Lipinski definition) is 2. The van der Waals surface area contributed by atoms with E-state index < -0.39 is 0 Å². The van der Waals surface area contributed by atoms with Gasteiger partial charge in [-0.2, -0.15) is 0 Å². The summed E-state index contributed by atoms with van der Waals surface area (Å²) in [6.45, 7) is 15.3. The predicted octanol–water partition coefficient (Wildman–Crippen LogP) is 2.27. The fourth-order valence-electron chi connectivity index (χ4n) is 1.77. The summed E-state index contributed by atoms with van der Waals surface area (Å²) >= 11 is 0. The smallest absolute Gasteiger partial charge is 0.0202 e. The molecule has 15 heavy (non-hydrogen) atoms. The first-order valence-electron chi connectivity index (χ1n) is 6.24.